The molecule has 0 N–H and O–H groups in total. The van der Waals surface area contributed by atoms with Gasteiger partial charge < -0.3 is 23.5 Å². The van der Waals surface area contributed by atoms with Gasteiger partial charge in [-0.1, -0.05) is 0 Å². The maximum Gasteiger partial charge on any atom is 0.294 e. The Morgan fingerprint density at radius 2 is 2.00 bits per heavy atom. The van der Waals surface area contributed by atoms with Crippen LogP contribution >= 0.6 is 11.3 Å². The van der Waals surface area contributed by atoms with E-state index in [0.29, 0.717) is 46.3 Å². The van der Waals surface area contributed by atoms with Gasteiger partial charge in [-0.15, -0.1) is 5.10 Å². The van der Waals surface area contributed by atoms with Gasteiger partial charge in [0.05, 0.1) is 32.4 Å². The molecule has 0 unspecified atom stereocenters. The first-order valence-corrected chi connectivity index (χ1v) is 12.6. The summed E-state index contributed by atoms with van der Waals surface area (Å²) >= 11 is 1.36. The van der Waals surface area contributed by atoms with Crippen molar-refractivity contribution in [3.8, 4) is 28.1 Å². The average molecular weight is 509 g/mol. The first-order valence-electron chi connectivity index (χ1n) is 11.7. The molecule has 5 aromatic rings. The van der Waals surface area contributed by atoms with Crippen molar-refractivity contribution in [2.75, 3.05) is 38.8 Å². The van der Waals surface area contributed by atoms with Crippen LogP contribution in [0.25, 0.3) is 27.4 Å². The Hall–Kier alpha value is -3.79. The van der Waals surface area contributed by atoms with Gasteiger partial charge in [0.2, 0.25) is 4.96 Å². The molecule has 0 radical (unpaired) electrons. The lowest BCUT2D eigenvalue weighted by Gasteiger charge is -2.34. The van der Waals surface area contributed by atoms with Gasteiger partial charge in [-0.3, -0.25) is 0 Å². The van der Waals surface area contributed by atoms with Crippen molar-refractivity contribution in [1.29, 1.82) is 0 Å². The lowest BCUT2D eigenvalue weighted by Crippen LogP contribution is -2.37. The van der Waals surface area contributed by atoms with Crippen LogP contribution in [0.4, 0.5) is 10.1 Å². The lowest BCUT2D eigenvalue weighted by atomic mass is 9.98. The topological polar surface area (TPSA) is 74.3 Å². The van der Waals surface area contributed by atoms with Gasteiger partial charge in [-0.05, 0) is 54.5 Å². The zero-order valence-corrected chi connectivity index (χ0v) is 20.8. The third-order valence-corrected chi connectivity index (χ3v) is 7.33. The van der Waals surface area contributed by atoms with Gasteiger partial charge in [0.25, 0.3) is 5.19 Å². The largest absolute Gasteiger partial charge is 0.496 e. The van der Waals surface area contributed by atoms with Gasteiger partial charge in [0, 0.05) is 36.8 Å². The van der Waals surface area contributed by atoms with Crippen LogP contribution in [-0.4, -0.2) is 48.5 Å². The summed E-state index contributed by atoms with van der Waals surface area (Å²) in [6.07, 6.45) is 3.95. The van der Waals surface area contributed by atoms with Crippen molar-refractivity contribution in [2.24, 2.45) is 5.92 Å². The van der Waals surface area contributed by atoms with E-state index in [-0.39, 0.29) is 5.82 Å². The van der Waals surface area contributed by atoms with E-state index < -0.39 is 0 Å². The molecule has 1 fully saturated rings. The van der Waals surface area contributed by atoms with E-state index in [1.807, 2.05) is 36.5 Å². The Kier molecular flexibility index (Phi) is 5.88. The van der Waals surface area contributed by atoms with Crippen LogP contribution in [0, 0.1) is 11.7 Å². The van der Waals surface area contributed by atoms with Crippen molar-refractivity contribution >= 4 is 33.0 Å². The monoisotopic (exact) mass is 508 g/mol. The summed E-state index contributed by atoms with van der Waals surface area (Å²) in [5.74, 6) is 2.12. The van der Waals surface area contributed by atoms with Crippen molar-refractivity contribution in [3.63, 3.8) is 0 Å². The molecular formula is C26H25FN4O4S. The summed E-state index contributed by atoms with van der Waals surface area (Å²) in [7, 11) is 3.21. The fraction of sp³-hybridized carbons (Fsp3) is 0.308. The fourth-order valence-electron chi connectivity index (χ4n) is 4.62. The maximum absolute atomic E-state index is 13.3. The predicted octanol–water partition coefficient (Wildman–Crippen LogP) is 5.66. The number of hydrogen-bond acceptors (Lipinski definition) is 8. The highest BCUT2D eigenvalue weighted by atomic mass is 32.1. The zero-order chi connectivity index (χ0) is 24.6. The average Bonchev–Trinajstić information content (AvgIpc) is 3.60. The number of aromatic nitrogens is 3. The highest BCUT2D eigenvalue weighted by Gasteiger charge is 2.22. The molecule has 0 spiro atoms. The number of hydrogen-bond donors (Lipinski definition) is 0. The second-order valence-electron chi connectivity index (χ2n) is 8.82. The first-order chi connectivity index (χ1) is 17.6. The number of ether oxygens (including phenoxy) is 3. The molecule has 10 heteroatoms. The summed E-state index contributed by atoms with van der Waals surface area (Å²) in [6, 6.07) is 12.4. The number of fused-ring (bicyclic) bond motifs is 2. The van der Waals surface area contributed by atoms with Crippen LogP contribution < -0.4 is 19.1 Å². The minimum absolute atomic E-state index is 0.219. The molecule has 0 amide bonds. The van der Waals surface area contributed by atoms with Crippen LogP contribution in [-0.2, 0) is 0 Å². The van der Waals surface area contributed by atoms with Gasteiger partial charge in [-0.2, -0.15) is 0 Å². The van der Waals surface area contributed by atoms with Crippen molar-refractivity contribution in [2.45, 2.75) is 12.8 Å². The Labute approximate surface area is 210 Å². The number of halogens is 1. The van der Waals surface area contributed by atoms with E-state index in [4.69, 9.17) is 18.6 Å². The molecule has 1 aliphatic heterocycles. The van der Waals surface area contributed by atoms with E-state index in [1.165, 1.54) is 23.5 Å². The predicted molar refractivity (Wildman–Crippen MR) is 136 cm³/mol. The number of piperidine rings is 1. The molecule has 2 aromatic carbocycles. The molecule has 6 rings (SSSR count). The van der Waals surface area contributed by atoms with Crippen LogP contribution in [0.15, 0.2) is 53.1 Å². The van der Waals surface area contributed by atoms with E-state index in [9.17, 15) is 4.39 Å². The zero-order valence-electron chi connectivity index (χ0n) is 19.9. The van der Waals surface area contributed by atoms with Gasteiger partial charge in [-0.25, -0.2) is 13.9 Å². The van der Waals surface area contributed by atoms with Crippen LogP contribution in [0.3, 0.4) is 0 Å². The highest BCUT2D eigenvalue weighted by molar-refractivity contribution is 7.18. The van der Waals surface area contributed by atoms with Crippen LogP contribution in [0.1, 0.15) is 12.8 Å². The minimum Gasteiger partial charge on any atom is -0.496 e. The fourth-order valence-corrected chi connectivity index (χ4v) is 5.32. The summed E-state index contributed by atoms with van der Waals surface area (Å²) in [5.41, 5.74) is 2.38. The molecule has 1 aliphatic rings. The number of furan rings is 1. The number of methoxy groups -OCH3 is 2. The Morgan fingerprint density at radius 1 is 1.14 bits per heavy atom. The number of benzene rings is 2. The molecule has 4 heterocycles. The smallest absolute Gasteiger partial charge is 0.294 e. The summed E-state index contributed by atoms with van der Waals surface area (Å²) in [5, 5.41) is 5.74. The maximum atomic E-state index is 13.3. The Bertz CT molecular complexity index is 1480. The number of nitrogens with zero attached hydrogens (tertiary/aromatic N) is 4. The SMILES string of the molecule is COc1cc(OC[C@H]2CCCN(c3ccc(F)cc3)C2)c2cc(-c3cn4nc(OC)sc4n3)oc2c1. The van der Waals surface area contributed by atoms with E-state index in [1.54, 1.807) is 18.7 Å². The number of imidazole rings is 1. The number of anilines is 1. The van der Waals surface area contributed by atoms with E-state index >= 15 is 0 Å². The molecule has 1 saturated heterocycles. The molecule has 0 aliphatic carbocycles. The first kappa shape index (κ1) is 22.7. The van der Waals surface area contributed by atoms with E-state index in [0.717, 1.165) is 42.0 Å². The number of rotatable bonds is 7. The summed E-state index contributed by atoms with van der Waals surface area (Å²) in [6.45, 7) is 2.38. The Morgan fingerprint density at radius 3 is 2.78 bits per heavy atom. The molecular weight excluding hydrogens is 483 g/mol. The molecule has 1 atom stereocenters. The quantitative estimate of drug-likeness (QED) is 0.281. The molecule has 186 valence electrons. The van der Waals surface area contributed by atoms with Gasteiger partial charge in [0.1, 0.15) is 28.6 Å². The Balaban J connectivity index is 1.23. The van der Waals surface area contributed by atoms with Gasteiger partial charge >= 0.3 is 0 Å². The molecule has 0 bridgehead atoms. The highest BCUT2D eigenvalue weighted by Crippen LogP contribution is 2.38. The standard InChI is InChI=1S/C26H25FN4O4S/c1-32-19-10-22(34-15-16-4-3-9-30(13-16)18-7-5-17(27)6-8-18)20-12-24(35-23(20)11-19)21-14-31-25(28-21)36-26(29-31)33-2/h5-8,10-12,14,16H,3-4,9,13,15H2,1-2H3/t16-/m0/s1. The normalized spacial score (nSPS) is 16.1. The van der Waals surface area contributed by atoms with Crippen LogP contribution in [0.5, 0.6) is 16.7 Å². The second kappa shape index (κ2) is 9.34. The van der Waals surface area contributed by atoms with Crippen LogP contribution in [0.2, 0.25) is 0 Å². The molecule has 3 aromatic heterocycles. The summed E-state index contributed by atoms with van der Waals surface area (Å²) < 4.78 is 38.2. The molecule has 36 heavy (non-hydrogen) atoms. The van der Waals surface area contributed by atoms with Crippen molar-refractivity contribution < 1.29 is 23.0 Å². The van der Waals surface area contributed by atoms with Crippen molar-refractivity contribution in [3.05, 3.63) is 54.5 Å². The molecule has 0 saturated carbocycles. The molecule has 8 nitrogen and oxygen atoms in total. The minimum atomic E-state index is -0.219. The second-order valence-corrected chi connectivity index (χ2v) is 9.73. The van der Waals surface area contributed by atoms with E-state index in [2.05, 4.69) is 15.0 Å². The van der Waals surface area contributed by atoms with Gasteiger partial charge in [0.15, 0.2) is 5.76 Å². The lowest BCUT2D eigenvalue weighted by molar-refractivity contribution is 0.230. The third kappa shape index (κ3) is 4.32. The summed E-state index contributed by atoms with van der Waals surface area (Å²) in [4.78, 5) is 7.64. The van der Waals surface area contributed by atoms with Crippen molar-refractivity contribution in [1.82, 2.24) is 14.6 Å². The third-order valence-electron chi connectivity index (χ3n) is 6.45.